The predicted molar refractivity (Wildman–Crippen MR) is 63.9 cm³/mol. The van der Waals surface area contributed by atoms with Gasteiger partial charge in [-0.25, -0.2) is 4.79 Å². The van der Waals surface area contributed by atoms with Gasteiger partial charge in [0, 0.05) is 18.4 Å². The number of carbonyl (C=O) groups excluding carboxylic acids is 1. The van der Waals surface area contributed by atoms with Gasteiger partial charge in [-0.1, -0.05) is 12.1 Å². The van der Waals surface area contributed by atoms with E-state index in [0.29, 0.717) is 17.9 Å². The molecule has 1 aromatic rings. The monoisotopic (exact) mass is 239 g/mol. The third kappa shape index (κ3) is 4.05. The van der Waals surface area contributed by atoms with Crippen LogP contribution in [0.15, 0.2) is 18.2 Å². The largest absolute Gasteiger partial charge is 0.447 e. The molecular formula is C12H17NO4. The van der Waals surface area contributed by atoms with E-state index in [-0.39, 0.29) is 13.2 Å². The van der Waals surface area contributed by atoms with E-state index < -0.39 is 6.09 Å². The van der Waals surface area contributed by atoms with Crippen LogP contribution in [-0.2, 0) is 16.1 Å². The van der Waals surface area contributed by atoms with Crippen LogP contribution in [-0.4, -0.2) is 31.5 Å². The summed E-state index contributed by atoms with van der Waals surface area (Å²) in [5.41, 5.74) is 2.17. The van der Waals surface area contributed by atoms with Gasteiger partial charge in [0.05, 0.1) is 13.2 Å². The Kier molecular flexibility index (Phi) is 5.45. The van der Waals surface area contributed by atoms with Crippen LogP contribution in [0.3, 0.4) is 0 Å². The molecule has 2 N–H and O–H groups in total. The van der Waals surface area contributed by atoms with E-state index in [2.05, 4.69) is 5.32 Å². The van der Waals surface area contributed by atoms with Crippen molar-refractivity contribution < 1.29 is 19.4 Å². The summed E-state index contributed by atoms with van der Waals surface area (Å²) < 4.78 is 9.63. The third-order valence-electron chi connectivity index (χ3n) is 2.33. The zero-order chi connectivity index (χ0) is 12.7. The second kappa shape index (κ2) is 6.88. The molecule has 0 heterocycles. The summed E-state index contributed by atoms with van der Waals surface area (Å²) in [6.07, 6.45) is -0.553. The molecule has 1 rings (SSSR count). The average molecular weight is 239 g/mol. The zero-order valence-corrected chi connectivity index (χ0v) is 10.0. The highest BCUT2D eigenvalue weighted by molar-refractivity contribution is 5.85. The first-order valence-electron chi connectivity index (χ1n) is 5.31. The standard InChI is InChI=1S/C12H17NO4/c1-9-4-3-5-11(10(9)8-14)13-12(15)17-7-6-16-2/h3-5,14H,6-8H2,1-2H3,(H,13,15). The fourth-order valence-corrected chi connectivity index (χ4v) is 1.39. The molecule has 5 nitrogen and oxygen atoms in total. The molecule has 0 atom stereocenters. The van der Waals surface area contributed by atoms with Crippen molar-refractivity contribution >= 4 is 11.8 Å². The zero-order valence-electron chi connectivity index (χ0n) is 10.0. The Morgan fingerprint density at radius 1 is 1.41 bits per heavy atom. The Morgan fingerprint density at radius 3 is 2.82 bits per heavy atom. The number of anilines is 1. The van der Waals surface area contributed by atoms with Gasteiger partial charge < -0.3 is 14.6 Å². The minimum atomic E-state index is -0.553. The molecule has 0 saturated heterocycles. The van der Waals surface area contributed by atoms with Crippen LogP contribution in [0.4, 0.5) is 10.5 Å². The van der Waals surface area contributed by atoms with E-state index in [0.717, 1.165) is 5.56 Å². The van der Waals surface area contributed by atoms with Gasteiger partial charge in [0.2, 0.25) is 0 Å². The predicted octanol–water partition coefficient (Wildman–Crippen LogP) is 1.68. The number of amides is 1. The molecule has 1 amide bonds. The maximum Gasteiger partial charge on any atom is 0.411 e. The van der Waals surface area contributed by atoms with Crippen molar-refractivity contribution in [1.29, 1.82) is 0 Å². The van der Waals surface area contributed by atoms with Crippen LogP contribution in [0.25, 0.3) is 0 Å². The minimum absolute atomic E-state index is 0.125. The number of carbonyl (C=O) groups is 1. The molecule has 0 bridgehead atoms. The quantitative estimate of drug-likeness (QED) is 0.767. The summed E-state index contributed by atoms with van der Waals surface area (Å²) in [5, 5.41) is 11.8. The van der Waals surface area contributed by atoms with Crippen molar-refractivity contribution in [3.8, 4) is 0 Å². The molecule has 5 heteroatoms. The number of aliphatic hydroxyl groups excluding tert-OH is 1. The van der Waals surface area contributed by atoms with E-state index in [1.807, 2.05) is 13.0 Å². The Bertz CT molecular complexity index is 379. The van der Waals surface area contributed by atoms with Crippen molar-refractivity contribution in [2.75, 3.05) is 25.6 Å². The molecule has 0 aliphatic carbocycles. The number of nitrogens with one attached hydrogen (secondary N) is 1. The molecule has 0 unspecified atom stereocenters. The molecule has 17 heavy (non-hydrogen) atoms. The number of hydrogen-bond donors (Lipinski definition) is 2. The topological polar surface area (TPSA) is 67.8 Å². The van der Waals surface area contributed by atoms with Gasteiger partial charge in [-0.3, -0.25) is 5.32 Å². The van der Waals surface area contributed by atoms with Crippen molar-refractivity contribution in [3.63, 3.8) is 0 Å². The first kappa shape index (κ1) is 13.5. The normalized spacial score (nSPS) is 10.1. The van der Waals surface area contributed by atoms with Crippen LogP contribution in [0, 0.1) is 6.92 Å². The number of aryl methyl sites for hydroxylation is 1. The maximum absolute atomic E-state index is 11.4. The number of rotatable bonds is 5. The first-order valence-corrected chi connectivity index (χ1v) is 5.31. The van der Waals surface area contributed by atoms with Gasteiger partial charge in [0.1, 0.15) is 6.61 Å². The summed E-state index contributed by atoms with van der Waals surface area (Å²) >= 11 is 0. The van der Waals surface area contributed by atoms with Crippen molar-refractivity contribution in [1.82, 2.24) is 0 Å². The molecule has 0 radical (unpaired) electrons. The molecule has 0 saturated carbocycles. The Balaban J connectivity index is 2.61. The summed E-state index contributed by atoms with van der Waals surface area (Å²) in [7, 11) is 1.53. The average Bonchev–Trinajstić information content (AvgIpc) is 2.29. The number of aliphatic hydroxyl groups is 1. The van der Waals surface area contributed by atoms with Crippen LogP contribution in [0.5, 0.6) is 0 Å². The SMILES string of the molecule is COCCOC(=O)Nc1cccc(C)c1CO. The van der Waals surface area contributed by atoms with Gasteiger partial charge >= 0.3 is 6.09 Å². The van der Waals surface area contributed by atoms with E-state index >= 15 is 0 Å². The van der Waals surface area contributed by atoms with Gasteiger partial charge in [0.25, 0.3) is 0 Å². The smallest absolute Gasteiger partial charge is 0.411 e. The molecule has 0 aliphatic heterocycles. The third-order valence-corrected chi connectivity index (χ3v) is 2.33. The second-order valence-corrected chi connectivity index (χ2v) is 3.51. The second-order valence-electron chi connectivity index (χ2n) is 3.51. The van der Waals surface area contributed by atoms with Crippen molar-refractivity contribution in [3.05, 3.63) is 29.3 Å². The first-order chi connectivity index (χ1) is 8.19. The molecular weight excluding hydrogens is 222 g/mol. The number of hydrogen-bond acceptors (Lipinski definition) is 4. The maximum atomic E-state index is 11.4. The fourth-order valence-electron chi connectivity index (χ4n) is 1.39. The molecule has 0 aromatic heterocycles. The number of benzene rings is 1. The van der Waals surface area contributed by atoms with E-state index in [1.54, 1.807) is 12.1 Å². The van der Waals surface area contributed by atoms with Gasteiger partial charge in [-0.15, -0.1) is 0 Å². The highest BCUT2D eigenvalue weighted by Gasteiger charge is 2.08. The van der Waals surface area contributed by atoms with Gasteiger partial charge in [-0.2, -0.15) is 0 Å². The molecule has 0 spiro atoms. The van der Waals surface area contributed by atoms with Crippen LogP contribution in [0.1, 0.15) is 11.1 Å². The van der Waals surface area contributed by atoms with Gasteiger partial charge in [0.15, 0.2) is 0 Å². The molecule has 94 valence electrons. The summed E-state index contributed by atoms with van der Waals surface area (Å²) in [6.45, 7) is 2.30. The molecule has 0 aliphatic rings. The number of ether oxygens (including phenoxy) is 2. The van der Waals surface area contributed by atoms with Crippen molar-refractivity contribution in [2.45, 2.75) is 13.5 Å². The number of methoxy groups -OCH3 is 1. The lowest BCUT2D eigenvalue weighted by molar-refractivity contribution is 0.107. The highest BCUT2D eigenvalue weighted by atomic mass is 16.6. The fraction of sp³-hybridized carbons (Fsp3) is 0.417. The Morgan fingerprint density at radius 2 is 2.18 bits per heavy atom. The molecule has 1 aromatic carbocycles. The Labute approximate surface area is 100 Å². The van der Waals surface area contributed by atoms with Crippen LogP contribution < -0.4 is 5.32 Å². The minimum Gasteiger partial charge on any atom is -0.447 e. The summed E-state index contributed by atoms with van der Waals surface area (Å²) in [4.78, 5) is 11.4. The highest BCUT2D eigenvalue weighted by Crippen LogP contribution is 2.19. The lowest BCUT2D eigenvalue weighted by Gasteiger charge is -2.11. The van der Waals surface area contributed by atoms with Gasteiger partial charge in [-0.05, 0) is 18.6 Å². The lowest BCUT2D eigenvalue weighted by Crippen LogP contribution is -2.17. The summed E-state index contributed by atoms with van der Waals surface area (Å²) in [5.74, 6) is 0. The van der Waals surface area contributed by atoms with E-state index in [1.165, 1.54) is 7.11 Å². The van der Waals surface area contributed by atoms with Crippen LogP contribution in [0.2, 0.25) is 0 Å². The Hall–Kier alpha value is -1.59. The van der Waals surface area contributed by atoms with E-state index in [4.69, 9.17) is 9.47 Å². The van der Waals surface area contributed by atoms with Crippen molar-refractivity contribution in [2.24, 2.45) is 0 Å². The summed E-state index contributed by atoms with van der Waals surface area (Å²) in [6, 6.07) is 5.39. The lowest BCUT2D eigenvalue weighted by atomic mass is 10.1. The van der Waals surface area contributed by atoms with E-state index in [9.17, 15) is 9.90 Å². The molecule has 0 fully saturated rings. The van der Waals surface area contributed by atoms with Crippen LogP contribution >= 0.6 is 0 Å².